The number of aromatic nitrogens is 6. The Hall–Kier alpha value is -9.37. The minimum absolute atomic E-state index is 0.00579. The second-order valence-electron chi connectivity index (χ2n) is 30.2. The summed E-state index contributed by atoms with van der Waals surface area (Å²) < 4.78 is 93.9. The van der Waals surface area contributed by atoms with Gasteiger partial charge < -0.3 is 74.2 Å². The zero-order valence-corrected chi connectivity index (χ0v) is 78.3. The van der Waals surface area contributed by atoms with E-state index in [0.29, 0.717) is 34.7 Å². The molecule has 41 nitrogen and oxygen atoms in total. The van der Waals surface area contributed by atoms with Gasteiger partial charge in [0.1, 0.15) is 64.3 Å². The molecule has 0 aliphatic carbocycles. The molecule has 2 amide bonds. The van der Waals surface area contributed by atoms with E-state index in [1.54, 1.807) is 113 Å². The summed E-state index contributed by atoms with van der Waals surface area (Å²) in [5.41, 5.74) is 11.3. The number of fused-ring (bicyclic) bond motifs is 2. The second kappa shape index (κ2) is 44.0. The Balaban J connectivity index is 0.000000299. The number of carbonyl (C=O) groups excluding carboxylic acids is 9. The number of methoxy groups -OCH3 is 2. The van der Waals surface area contributed by atoms with Gasteiger partial charge in [-0.15, -0.1) is 46.7 Å². The number of β-lactam (4-membered cyclic amide) rings is 2. The number of amides is 2. The van der Waals surface area contributed by atoms with Crippen LogP contribution in [0.15, 0.2) is 86.5 Å². The van der Waals surface area contributed by atoms with E-state index in [1.165, 1.54) is 74.9 Å². The average Bonchev–Trinajstić information content (AvgIpc) is 1.72. The molecule has 2 saturated heterocycles. The Bertz CT molecular complexity index is 5090. The monoisotopic (exact) mass is 1930 g/mol. The van der Waals surface area contributed by atoms with Crippen molar-refractivity contribution in [1.82, 2.24) is 42.7 Å². The number of ketones is 1. The molecule has 0 radical (unpaired) electrons. The van der Waals surface area contributed by atoms with Gasteiger partial charge >= 0.3 is 51.9 Å². The molecule has 0 unspecified atom stereocenters. The zero-order chi connectivity index (χ0) is 93.0. The van der Waals surface area contributed by atoms with Crippen molar-refractivity contribution in [1.29, 1.82) is 0 Å². The van der Waals surface area contributed by atoms with Crippen LogP contribution in [0.25, 0.3) is 0 Å². The van der Waals surface area contributed by atoms with Crippen molar-refractivity contribution in [2.45, 2.75) is 174 Å². The fourth-order valence-corrected chi connectivity index (χ4v) is 14.7. The van der Waals surface area contributed by atoms with Crippen LogP contribution in [0.1, 0.15) is 139 Å². The number of thioether (sulfide) groups is 2. The summed E-state index contributed by atoms with van der Waals surface area (Å²) in [6, 6.07) is 13.7. The summed E-state index contributed by atoms with van der Waals surface area (Å²) in [5, 5.41) is 19.5. The number of nitrogens with zero attached hydrogens (tertiary/aromatic N) is 11. The Labute approximate surface area is 747 Å². The van der Waals surface area contributed by atoms with Crippen molar-refractivity contribution in [3.8, 4) is 11.5 Å². The lowest BCUT2D eigenvalue weighted by Crippen LogP contribution is -2.68. The Kier molecular flexibility index (Phi) is 37.3. The first kappa shape index (κ1) is 104. The number of alkyl halides is 2. The van der Waals surface area contributed by atoms with Crippen molar-refractivity contribution in [3.63, 3.8) is 0 Å². The third-order valence-corrected chi connectivity index (χ3v) is 20.8. The summed E-state index contributed by atoms with van der Waals surface area (Å²) in [6.07, 6.45) is 1.32. The lowest BCUT2D eigenvalue weighted by Gasteiger charge is -2.49. The third kappa shape index (κ3) is 32.0. The molecule has 2 fully saturated rings. The smallest absolute Gasteiger partial charge is 0.379 e. The number of nitrogens with one attached hydrogen (secondary N) is 1. The molecule has 5 aromatic rings. The minimum atomic E-state index is -4.12. The number of hydrogen-bond donors (Lipinski definition) is 5. The number of oxime groups is 3. The molecule has 4 atom stereocenters. The number of ether oxygens (including phenoxy) is 7. The van der Waals surface area contributed by atoms with Gasteiger partial charge in [0.15, 0.2) is 26.9 Å². The van der Waals surface area contributed by atoms with Crippen LogP contribution >= 0.6 is 104 Å². The van der Waals surface area contributed by atoms with E-state index in [0.717, 1.165) is 57.7 Å². The quantitative estimate of drug-likeness (QED) is 0.00353. The van der Waals surface area contributed by atoms with Crippen LogP contribution < -0.4 is 31.5 Å². The lowest BCUT2D eigenvalue weighted by atomic mass is 9.89. The maximum absolute atomic E-state index is 13.6. The molecule has 0 bridgehead atoms. The van der Waals surface area contributed by atoms with Gasteiger partial charge in [-0.3, -0.25) is 24.2 Å². The molecule has 3 aromatic heterocycles. The normalized spacial score (nSPS) is 16.9. The van der Waals surface area contributed by atoms with Crippen LogP contribution in [-0.2, 0) is 123 Å². The molecule has 8 N–H and O–H groups in total. The highest BCUT2D eigenvalue weighted by molar-refractivity contribution is 8.13. The molecule has 0 saturated carbocycles. The van der Waals surface area contributed by atoms with Gasteiger partial charge in [-0.25, -0.2) is 46.8 Å². The number of nitrogens with two attached hydrogens (primary N) is 3. The molecule has 4 aliphatic rings. The highest BCUT2D eigenvalue weighted by Gasteiger charge is 2.56. The summed E-state index contributed by atoms with van der Waals surface area (Å²) in [5.74, 6) is -6.36. The Morgan fingerprint density at radius 1 is 0.545 bits per heavy atom. The van der Waals surface area contributed by atoms with Gasteiger partial charge in [0.05, 0.1) is 38.0 Å². The van der Waals surface area contributed by atoms with Gasteiger partial charge in [-0.1, -0.05) is 39.7 Å². The summed E-state index contributed by atoms with van der Waals surface area (Å²) in [6.45, 7) is 23.7. The van der Waals surface area contributed by atoms with Crippen molar-refractivity contribution in [2.75, 3.05) is 67.2 Å². The third-order valence-electron chi connectivity index (χ3n) is 15.1. The largest absolute Gasteiger partial charge is 0.497 e. The molecular weight excluding hydrogens is 1850 g/mol. The van der Waals surface area contributed by atoms with Crippen molar-refractivity contribution >= 4 is 215 Å². The number of esters is 5. The first-order valence-corrected chi connectivity index (χ1v) is 46.0. The topological polar surface area (TPSA) is 572 Å². The highest BCUT2D eigenvalue weighted by Crippen LogP contribution is 2.46. The lowest BCUT2D eigenvalue weighted by molar-refractivity contribution is -0.180. The van der Waals surface area contributed by atoms with E-state index in [2.05, 4.69) is 63.2 Å². The number of carboxylic acids is 1. The first-order chi connectivity index (χ1) is 56.8. The predicted molar refractivity (Wildman–Crippen MR) is 458 cm³/mol. The van der Waals surface area contributed by atoms with Crippen LogP contribution in [-0.4, -0.2) is 237 Å². The maximum Gasteiger partial charge on any atom is 0.379 e. The molecule has 123 heavy (non-hydrogen) atoms. The fraction of sp³-hybridized carbons (Fsp3) is 0.507. The number of carbonyl (C=O) groups is 10. The Morgan fingerprint density at radius 3 is 1.20 bits per heavy atom. The number of rotatable bonds is 29. The molecule has 0 spiro atoms. The Morgan fingerprint density at radius 2 is 0.878 bits per heavy atom. The van der Waals surface area contributed by atoms with Gasteiger partial charge in [0, 0.05) is 75.0 Å². The van der Waals surface area contributed by atoms with Gasteiger partial charge in [0.2, 0.25) is 66.6 Å². The second-order valence-corrected chi connectivity index (χ2v) is 40.2. The number of hydrogen-bond acceptors (Lipinski definition) is 43. The van der Waals surface area contributed by atoms with E-state index in [9.17, 15) is 64.8 Å². The zero-order valence-electron chi connectivity index (χ0n) is 69.6. The number of benzene rings is 2. The number of halogens is 4. The van der Waals surface area contributed by atoms with E-state index in [-0.39, 0.29) is 92.6 Å². The van der Waals surface area contributed by atoms with Crippen LogP contribution in [0.2, 0.25) is 0 Å². The summed E-state index contributed by atoms with van der Waals surface area (Å²) >= 11 is 23.0. The van der Waals surface area contributed by atoms with E-state index < -0.39 is 135 Å². The van der Waals surface area contributed by atoms with Crippen LogP contribution in [0.5, 0.6) is 11.5 Å². The van der Waals surface area contributed by atoms with E-state index >= 15 is 0 Å². The summed E-state index contributed by atoms with van der Waals surface area (Å²) in [4.78, 5) is 157. The molecule has 7 heterocycles. The molecule has 9 rings (SSSR count). The number of nitrogen functional groups attached to an aromatic ring is 3. The van der Waals surface area contributed by atoms with Crippen molar-refractivity contribution in [3.05, 3.63) is 99.7 Å². The molecule has 676 valence electrons. The number of Topliss-reactive ketones (excluding diaryl/α,β-unsaturated/α-hetero) is 1. The van der Waals surface area contributed by atoms with Crippen LogP contribution in [0, 0.1) is 5.92 Å². The van der Waals surface area contributed by atoms with Gasteiger partial charge in [-0.2, -0.15) is 36.5 Å². The molecule has 2 aromatic carbocycles. The fourth-order valence-electron chi connectivity index (χ4n) is 9.35. The van der Waals surface area contributed by atoms with Gasteiger partial charge in [0.25, 0.3) is 0 Å². The average molecular weight is 1940 g/mol. The molecule has 4 aliphatic heterocycles. The SMILES string of the molecule is CC(C)(C)OC(=O)C(C)(C)O/N=C(\C(=O)O)c1nsc(N)n1.CC(C)(C)OC(=O)C(C)(C)O/N=C(\C(=O)OS(C)(=O)=O)c1nsc(N)n1.COc1ccc(COC(=O)C2=C(CCl)CS[C@@H]3[C@H](CC(=O)/C(=N\OC(C)(C)C(=O)OC(C)(C)C)c4nsc(N)n4)C(=O)N23)cc1.COc1ccc(COC(=O)C2=C(CCl)CS[C@@H]3[C@H](NCl)C(=O)N23)cc1.CS(=O)(=O)Cl. The first-order valence-electron chi connectivity index (χ1n) is 35.6. The number of aliphatic carboxylic acids is 1. The van der Waals surface area contributed by atoms with Crippen LogP contribution in [0.3, 0.4) is 0 Å². The van der Waals surface area contributed by atoms with Crippen LogP contribution in [0.4, 0.5) is 15.4 Å². The molecule has 52 heteroatoms. The van der Waals surface area contributed by atoms with Crippen molar-refractivity contribution < 1.29 is 122 Å². The minimum Gasteiger partial charge on any atom is -0.497 e. The predicted octanol–water partition coefficient (Wildman–Crippen LogP) is 7.65. The highest BCUT2D eigenvalue weighted by atomic mass is 35.7. The van der Waals surface area contributed by atoms with Crippen molar-refractivity contribution in [2.24, 2.45) is 21.4 Å². The summed E-state index contributed by atoms with van der Waals surface area (Å²) in [7, 11) is 0.320. The standard InChI is InChI=1S/C29H34ClN5O8S2.C16H16Cl2N2O4S.C13H20N4O7S2.C12H18N4O5S.CH3ClO2S/c1-28(2,3)42-26(39)29(4,5)43-33-20(22-32-27(31)45-34-22)19(36)11-18-23(37)35-21(16(12-30)14-44-24(18)35)25(38)41-13-15-7-9-17(40-6)10-8-15;1-23-11-4-2-9(3-5-11)7-24-16(22)13-10(6-17)8-25-15-12(19-18)14(21)20(13)15;1-12(2,3)22-10(19)13(4,5)24-16-7(8-15-11(14)25-17-8)9(18)23-26(6,20)21;1-11(2,3)20-9(19)12(4,5)21-15-6(8(17)18)7-14-10(13)22-16-7;1-5(2,3)4/h7-10,18,24H,11-14H2,1-6H3,(H2,31,32,34);2-5,12,15,19H,6-8H2,1H3;1-6H3,(H2,14,15,17);1-5H3,(H,17,18)(H2,13,14,16);1H3/b33-20+;;16-7-;15-6-;/t18-,24-;12-,15-;;;/m11.../s1. The van der Waals surface area contributed by atoms with Gasteiger partial charge in [-0.05, 0) is 162 Å². The molecular formula is C71H91Cl4N15O26S7. The maximum atomic E-state index is 13.6. The van der Waals surface area contributed by atoms with E-state index in [4.69, 9.17) is 105 Å². The number of anilines is 3. The number of carboxylic acid groups (broad SMARTS) is 1. The van der Waals surface area contributed by atoms with E-state index in [1.807, 2.05) is 12.1 Å².